The second-order valence-electron chi connectivity index (χ2n) is 9.26. The lowest BCUT2D eigenvalue weighted by Gasteiger charge is -2.28. The van der Waals surface area contributed by atoms with Crippen LogP contribution in [0.1, 0.15) is 71.5 Å². The van der Waals surface area contributed by atoms with E-state index >= 15 is 0 Å². The Morgan fingerprint density at radius 1 is 1.09 bits per heavy atom. The number of carbonyl (C=O) groups excluding carboxylic acids is 2. The number of hydrogen-bond acceptors (Lipinski definition) is 4. The molecule has 1 aliphatic carbocycles. The molecule has 3 N–H and O–H groups in total. The third-order valence-electron chi connectivity index (χ3n) is 6.18. The fourth-order valence-corrected chi connectivity index (χ4v) is 4.37. The van der Waals surface area contributed by atoms with Crippen LogP contribution in [0, 0.1) is 5.92 Å². The van der Waals surface area contributed by atoms with Crippen LogP contribution in [0.3, 0.4) is 0 Å². The monoisotopic (exact) mass is 448 g/mol. The predicted octanol–water partition coefficient (Wildman–Crippen LogP) is 3.34. The third-order valence-corrected chi connectivity index (χ3v) is 6.18. The summed E-state index contributed by atoms with van der Waals surface area (Å²) in [5.74, 6) is -0.0184. The van der Waals surface area contributed by atoms with Crippen LogP contribution < -0.4 is 10.6 Å². The molecule has 33 heavy (non-hydrogen) atoms. The summed E-state index contributed by atoms with van der Waals surface area (Å²) in [6, 6.07) is 13.0. The van der Waals surface area contributed by atoms with E-state index in [-0.39, 0.29) is 17.9 Å². The maximum Gasteiger partial charge on any atom is 0.272 e. The zero-order valence-electron chi connectivity index (χ0n) is 19.3. The van der Waals surface area contributed by atoms with Crippen molar-refractivity contribution in [1.82, 2.24) is 20.2 Å². The van der Waals surface area contributed by atoms with Crippen LogP contribution in [-0.2, 0) is 6.42 Å². The van der Waals surface area contributed by atoms with Gasteiger partial charge in [-0.3, -0.25) is 9.59 Å². The summed E-state index contributed by atoms with van der Waals surface area (Å²) in [7, 11) is 0. The first-order valence-corrected chi connectivity index (χ1v) is 11.7. The SMILES string of the molecule is CC(C)CNC(=O)c1ccccc1Cc1cc(C(=O)N[C@H]2CCCC[C@@H]2O)nn2cccc12. The third kappa shape index (κ3) is 5.42. The molecule has 1 fully saturated rings. The van der Waals surface area contributed by atoms with Crippen molar-refractivity contribution in [3.8, 4) is 0 Å². The van der Waals surface area contributed by atoms with Gasteiger partial charge in [0.05, 0.1) is 17.7 Å². The van der Waals surface area contributed by atoms with E-state index in [4.69, 9.17) is 0 Å². The highest BCUT2D eigenvalue weighted by Crippen LogP contribution is 2.21. The standard InChI is InChI=1S/C26H32N4O3/c1-17(2)16-27-25(32)20-9-4-3-8-18(20)14-19-15-22(29-30-13-7-11-23(19)30)26(33)28-21-10-5-6-12-24(21)31/h3-4,7-9,11,13,15,17,21,24,31H,5-6,10,12,14,16H2,1-2H3,(H,27,32)(H,28,33)/t21-,24-/m0/s1. The largest absolute Gasteiger partial charge is 0.391 e. The fraction of sp³-hybridized carbons (Fsp3) is 0.423. The van der Waals surface area contributed by atoms with Crippen LogP contribution in [-0.4, -0.2) is 45.2 Å². The molecule has 7 nitrogen and oxygen atoms in total. The van der Waals surface area contributed by atoms with E-state index in [1.807, 2.05) is 42.6 Å². The molecule has 2 atom stereocenters. The number of benzene rings is 1. The van der Waals surface area contributed by atoms with Gasteiger partial charge in [0.1, 0.15) is 5.69 Å². The molecule has 4 rings (SSSR count). The maximum absolute atomic E-state index is 13.0. The highest BCUT2D eigenvalue weighted by Gasteiger charge is 2.26. The molecule has 1 saturated carbocycles. The van der Waals surface area contributed by atoms with Crippen molar-refractivity contribution >= 4 is 17.3 Å². The molecule has 0 spiro atoms. The maximum atomic E-state index is 13.0. The number of aliphatic hydroxyl groups is 1. The Kier molecular flexibility index (Phi) is 7.08. The first kappa shape index (κ1) is 23.0. The molecule has 0 unspecified atom stereocenters. The van der Waals surface area contributed by atoms with Crippen molar-refractivity contribution < 1.29 is 14.7 Å². The predicted molar refractivity (Wildman–Crippen MR) is 127 cm³/mol. The molecule has 2 amide bonds. The van der Waals surface area contributed by atoms with Gasteiger partial charge in [-0.25, -0.2) is 4.52 Å². The van der Waals surface area contributed by atoms with E-state index in [9.17, 15) is 14.7 Å². The van der Waals surface area contributed by atoms with Crippen LogP contribution in [0.15, 0.2) is 48.7 Å². The molecule has 0 bridgehead atoms. The van der Waals surface area contributed by atoms with Crippen LogP contribution in [0.5, 0.6) is 0 Å². The molecule has 2 heterocycles. The van der Waals surface area contributed by atoms with Crippen molar-refractivity contribution in [3.05, 3.63) is 71.0 Å². The number of nitrogens with zero attached hydrogens (tertiary/aromatic N) is 2. The minimum Gasteiger partial charge on any atom is -0.391 e. The number of aliphatic hydroxyl groups excluding tert-OH is 1. The molecule has 2 aromatic heterocycles. The Labute approximate surface area is 194 Å². The van der Waals surface area contributed by atoms with Crippen molar-refractivity contribution in [3.63, 3.8) is 0 Å². The Bertz CT molecular complexity index is 1140. The van der Waals surface area contributed by atoms with Crippen molar-refractivity contribution in [1.29, 1.82) is 0 Å². The summed E-state index contributed by atoms with van der Waals surface area (Å²) in [5, 5.41) is 20.7. The summed E-state index contributed by atoms with van der Waals surface area (Å²) < 4.78 is 1.70. The second kappa shape index (κ2) is 10.2. The van der Waals surface area contributed by atoms with Gasteiger partial charge in [0.25, 0.3) is 11.8 Å². The van der Waals surface area contributed by atoms with Gasteiger partial charge in [-0.2, -0.15) is 5.10 Å². The zero-order chi connectivity index (χ0) is 23.4. The fourth-order valence-electron chi connectivity index (χ4n) is 4.37. The average Bonchev–Trinajstić information content (AvgIpc) is 3.28. The van der Waals surface area contributed by atoms with E-state index in [2.05, 4.69) is 29.6 Å². The molecule has 0 radical (unpaired) electrons. The first-order chi connectivity index (χ1) is 15.9. The topological polar surface area (TPSA) is 95.7 Å². The van der Waals surface area contributed by atoms with Gasteiger partial charge < -0.3 is 15.7 Å². The summed E-state index contributed by atoms with van der Waals surface area (Å²) in [4.78, 5) is 25.8. The van der Waals surface area contributed by atoms with Crippen LogP contribution in [0.25, 0.3) is 5.52 Å². The zero-order valence-corrected chi connectivity index (χ0v) is 19.3. The van der Waals surface area contributed by atoms with Gasteiger partial charge in [0.2, 0.25) is 0 Å². The minimum atomic E-state index is -0.520. The number of nitrogens with one attached hydrogen (secondary N) is 2. The molecule has 0 aliphatic heterocycles. The minimum absolute atomic E-state index is 0.0935. The first-order valence-electron chi connectivity index (χ1n) is 11.7. The lowest BCUT2D eigenvalue weighted by atomic mass is 9.92. The molecule has 3 aromatic rings. The molecular formula is C26H32N4O3. The molecule has 1 aliphatic rings. The summed E-state index contributed by atoms with van der Waals surface area (Å²) in [6.45, 7) is 4.74. The van der Waals surface area contributed by atoms with Gasteiger partial charge in [-0.05, 0) is 54.2 Å². The lowest BCUT2D eigenvalue weighted by molar-refractivity contribution is 0.0712. The summed E-state index contributed by atoms with van der Waals surface area (Å²) in [6.07, 6.45) is 5.23. The van der Waals surface area contributed by atoms with Crippen LogP contribution in [0.4, 0.5) is 0 Å². The number of aromatic nitrogens is 2. The molecule has 0 saturated heterocycles. The number of rotatable bonds is 7. The van der Waals surface area contributed by atoms with E-state index in [1.54, 1.807) is 10.6 Å². The van der Waals surface area contributed by atoms with E-state index in [1.165, 1.54) is 0 Å². The number of fused-ring (bicyclic) bond motifs is 1. The van der Waals surface area contributed by atoms with Gasteiger partial charge in [-0.1, -0.05) is 44.9 Å². The summed E-state index contributed by atoms with van der Waals surface area (Å²) in [5.41, 5.74) is 3.63. The van der Waals surface area contributed by atoms with Crippen molar-refractivity contribution in [2.24, 2.45) is 5.92 Å². The van der Waals surface area contributed by atoms with Gasteiger partial charge >= 0.3 is 0 Å². The van der Waals surface area contributed by atoms with E-state index in [0.717, 1.165) is 35.9 Å². The highest BCUT2D eigenvalue weighted by molar-refractivity contribution is 5.96. The second-order valence-corrected chi connectivity index (χ2v) is 9.26. The number of hydrogen-bond donors (Lipinski definition) is 3. The Morgan fingerprint density at radius 2 is 1.88 bits per heavy atom. The van der Waals surface area contributed by atoms with Gasteiger partial charge in [0.15, 0.2) is 0 Å². The summed E-state index contributed by atoms with van der Waals surface area (Å²) >= 11 is 0. The van der Waals surface area contributed by atoms with Crippen molar-refractivity contribution in [2.75, 3.05) is 6.54 Å². The Hall–Kier alpha value is -3.19. The molecule has 1 aromatic carbocycles. The average molecular weight is 449 g/mol. The highest BCUT2D eigenvalue weighted by atomic mass is 16.3. The quantitative estimate of drug-likeness (QED) is 0.517. The normalized spacial score (nSPS) is 18.4. The smallest absolute Gasteiger partial charge is 0.272 e. The lowest BCUT2D eigenvalue weighted by Crippen LogP contribution is -2.45. The molecule has 174 valence electrons. The van der Waals surface area contributed by atoms with Crippen molar-refractivity contribution in [2.45, 2.75) is 58.1 Å². The van der Waals surface area contributed by atoms with E-state index in [0.29, 0.717) is 36.6 Å². The van der Waals surface area contributed by atoms with Gasteiger partial charge in [0, 0.05) is 24.7 Å². The molecular weight excluding hydrogens is 416 g/mol. The Morgan fingerprint density at radius 3 is 2.67 bits per heavy atom. The Balaban J connectivity index is 1.61. The number of carbonyl (C=O) groups is 2. The molecule has 7 heteroatoms. The van der Waals surface area contributed by atoms with E-state index < -0.39 is 6.10 Å². The van der Waals surface area contributed by atoms with Crippen LogP contribution in [0.2, 0.25) is 0 Å². The number of amides is 2. The van der Waals surface area contributed by atoms with Gasteiger partial charge in [-0.15, -0.1) is 0 Å². The van der Waals surface area contributed by atoms with Crippen LogP contribution >= 0.6 is 0 Å².